The minimum absolute atomic E-state index is 0.536. The molecule has 86 valence electrons. The Labute approximate surface area is 110 Å². The topological polar surface area (TPSA) is 24.1 Å². The van der Waals surface area contributed by atoms with Crippen LogP contribution in [-0.4, -0.2) is 19.1 Å². The Morgan fingerprint density at radius 3 is 2.93 bits per heavy atom. The van der Waals surface area contributed by atoms with E-state index in [4.69, 9.17) is 0 Å². The molecule has 2 N–H and O–H groups in total. The van der Waals surface area contributed by atoms with E-state index >= 15 is 0 Å². The number of hydrogen-bond acceptors (Lipinski definition) is 3. The summed E-state index contributed by atoms with van der Waals surface area (Å²) >= 11 is 4.17. The molecule has 0 aromatic carbocycles. The van der Waals surface area contributed by atoms with E-state index in [9.17, 15) is 0 Å². The molecule has 4 heteroatoms. The molecule has 0 spiro atoms. The fourth-order valence-corrected chi connectivity index (χ4v) is 2.71. The molecule has 0 bridgehead atoms. The Morgan fingerprint density at radius 2 is 2.33 bits per heavy atom. The first-order chi connectivity index (χ1) is 7.22. The molecule has 1 unspecified atom stereocenters. The van der Waals surface area contributed by atoms with E-state index in [0.717, 1.165) is 19.6 Å². The minimum Gasteiger partial charge on any atom is -0.315 e. The van der Waals surface area contributed by atoms with Crippen molar-refractivity contribution >= 4 is 33.9 Å². The second-order valence-corrected chi connectivity index (χ2v) is 6.55. The van der Waals surface area contributed by atoms with E-state index in [1.165, 1.54) is 14.9 Å². The lowest BCUT2D eigenvalue weighted by molar-refractivity contribution is 0.501. The molecule has 2 nitrogen and oxygen atoms in total. The first-order valence-electron chi connectivity index (χ1n) is 5.39. The summed E-state index contributed by atoms with van der Waals surface area (Å²) in [6.45, 7) is 7.56. The highest BCUT2D eigenvalue weighted by molar-refractivity contribution is 14.1. The number of rotatable bonds is 7. The van der Waals surface area contributed by atoms with Crippen molar-refractivity contribution in [2.75, 3.05) is 13.1 Å². The molecule has 0 aliphatic heterocycles. The summed E-state index contributed by atoms with van der Waals surface area (Å²) in [7, 11) is 0. The summed E-state index contributed by atoms with van der Waals surface area (Å²) in [6, 6.07) is 2.78. The van der Waals surface area contributed by atoms with Gasteiger partial charge in [0.05, 0.1) is 2.88 Å². The molecular weight excluding hydrogens is 319 g/mol. The van der Waals surface area contributed by atoms with Gasteiger partial charge in [-0.3, -0.25) is 0 Å². The monoisotopic (exact) mass is 338 g/mol. The van der Waals surface area contributed by atoms with Gasteiger partial charge >= 0.3 is 0 Å². The summed E-state index contributed by atoms with van der Waals surface area (Å²) in [5.41, 5.74) is 1.40. The Kier molecular flexibility index (Phi) is 6.79. The zero-order chi connectivity index (χ0) is 11.1. The number of nitrogens with one attached hydrogen (secondary N) is 2. The Balaban J connectivity index is 2.13. The average molecular weight is 338 g/mol. The molecule has 0 fully saturated rings. The smallest absolute Gasteiger partial charge is 0.0656 e. The SMILES string of the molecule is CCCNCC(C)NCc1csc(I)c1. The van der Waals surface area contributed by atoms with E-state index in [1.54, 1.807) is 0 Å². The molecule has 1 atom stereocenters. The zero-order valence-electron chi connectivity index (χ0n) is 9.35. The maximum Gasteiger partial charge on any atom is 0.0656 e. The lowest BCUT2D eigenvalue weighted by Gasteiger charge is -2.13. The minimum atomic E-state index is 0.536. The van der Waals surface area contributed by atoms with Gasteiger partial charge in [-0.25, -0.2) is 0 Å². The maximum atomic E-state index is 3.51. The lowest BCUT2D eigenvalue weighted by atomic mass is 10.3. The number of halogens is 1. The summed E-state index contributed by atoms with van der Waals surface area (Å²) < 4.78 is 1.36. The highest BCUT2D eigenvalue weighted by Gasteiger charge is 2.01. The van der Waals surface area contributed by atoms with Crippen LogP contribution in [0.2, 0.25) is 0 Å². The van der Waals surface area contributed by atoms with Crippen molar-refractivity contribution in [3.8, 4) is 0 Å². The highest BCUT2D eigenvalue weighted by Crippen LogP contribution is 2.16. The van der Waals surface area contributed by atoms with Crippen molar-refractivity contribution in [1.82, 2.24) is 10.6 Å². The molecule has 0 amide bonds. The summed E-state index contributed by atoms with van der Waals surface area (Å²) in [4.78, 5) is 0. The summed E-state index contributed by atoms with van der Waals surface area (Å²) in [5.74, 6) is 0. The maximum absolute atomic E-state index is 3.51. The van der Waals surface area contributed by atoms with Gasteiger partial charge in [0.25, 0.3) is 0 Å². The van der Waals surface area contributed by atoms with Gasteiger partial charge in [-0.1, -0.05) is 6.92 Å². The third kappa shape index (κ3) is 5.85. The van der Waals surface area contributed by atoms with Crippen LogP contribution in [-0.2, 0) is 6.54 Å². The summed E-state index contributed by atoms with van der Waals surface area (Å²) in [6.07, 6.45) is 1.20. The molecule has 1 heterocycles. The quantitative estimate of drug-likeness (QED) is 0.590. The van der Waals surface area contributed by atoms with Crippen LogP contribution < -0.4 is 10.6 Å². The van der Waals surface area contributed by atoms with Crippen LogP contribution >= 0.6 is 33.9 Å². The van der Waals surface area contributed by atoms with Gasteiger partial charge in [-0.15, -0.1) is 11.3 Å². The second-order valence-electron chi connectivity index (χ2n) is 3.75. The summed E-state index contributed by atoms with van der Waals surface area (Å²) in [5, 5.41) is 9.15. The van der Waals surface area contributed by atoms with E-state index in [2.05, 4.69) is 58.5 Å². The molecule has 15 heavy (non-hydrogen) atoms. The Morgan fingerprint density at radius 1 is 1.53 bits per heavy atom. The van der Waals surface area contributed by atoms with Crippen LogP contribution in [0.1, 0.15) is 25.8 Å². The van der Waals surface area contributed by atoms with E-state index in [1.807, 2.05) is 11.3 Å². The van der Waals surface area contributed by atoms with Gasteiger partial charge in [0.1, 0.15) is 0 Å². The second kappa shape index (κ2) is 7.60. The van der Waals surface area contributed by atoms with Crippen molar-refractivity contribution < 1.29 is 0 Å². The molecule has 0 aliphatic rings. The lowest BCUT2D eigenvalue weighted by Crippen LogP contribution is -2.36. The van der Waals surface area contributed by atoms with Crippen LogP contribution in [0.4, 0.5) is 0 Å². The van der Waals surface area contributed by atoms with Crippen molar-refractivity contribution in [3.63, 3.8) is 0 Å². The highest BCUT2D eigenvalue weighted by atomic mass is 127. The Hall–Kier alpha value is 0.350. The van der Waals surface area contributed by atoms with Crippen molar-refractivity contribution in [2.24, 2.45) is 0 Å². The van der Waals surface area contributed by atoms with Gasteiger partial charge in [0, 0.05) is 19.1 Å². The number of thiophene rings is 1. The molecule has 1 aromatic heterocycles. The van der Waals surface area contributed by atoms with Crippen LogP contribution in [0.5, 0.6) is 0 Å². The van der Waals surface area contributed by atoms with Crippen LogP contribution in [0.15, 0.2) is 11.4 Å². The predicted molar refractivity (Wildman–Crippen MR) is 76.5 cm³/mol. The molecule has 1 rings (SSSR count). The zero-order valence-corrected chi connectivity index (χ0v) is 12.3. The van der Waals surface area contributed by atoms with Gasteiger partial charge in [-0.2, -0.15) is 0 Å². The normalized spacial score (nSPS) is 13.0. The molecule has 1 aromatic rings. The van der Waals surface area contributed by atoms with E-state index in [0.29, 0.717) is 6.04 Å². The first-order valence-corrected chi connectivity index (χ1v) is 7.35. The standard InChI is InChI=1S/C11H19IN2S/c1-3-4-13-6-9(2)14-7-10-5-11(12)15-8-10/h5,8-9,13-14H,3-4,6-7H2,1-2H3. The first kappa shape index (κ1) is 13.4. The predicted octanol–water partition coefficient (Wildman–Crippen LogP) is 2.83. The number of hydrogen-bond donors (Lipinski definition) is 2. The molecule has 0 aliphatic carbocycles. The fraction of sp³-hybridized carbons (Fsp3) is 0.636. The van der Waals surface area contributed by atoms with Crippen molar-refractivity contribution in [3.05, 3.63) is 19.9 Å². The van der Waals surface area contributed by atoms with Crippen LogP contribution in [0.3, 0.4) is 0 Å². The van der Waals surface area contributed by atoms with Crippen molar-refractivity contribution in [1.29, 1.82) is 0 Å². The van der Waals surface area contributed by atoms with Gasteiger partial charge in [-0.05, 0) is 59.5 Å². The largest absolute Gasteiger partial charge is 0.315 e. The molecule has 0 saturated carbocycles. The third-order valence-electron chi connectivity index (χ3n) is 2.15. The van der Waals surface area contributed by atoms with E-state index < -0.39 is 0 Å². The fourth-order valence-electron chi connectivity index (χ4n) is 1.30. The third-order valence-corrected chi connectivity index (χ3v) is 3.99. The molecule has 0 radical (unpaired) electrons. The van der Waals surface area contributed by atoms with Crippen LogP contribution in [0, 0.1) is 2.88 Å². The average Bonchev–Trinajstić information content (AvgIpc) is 2.62. The van der Waals surface area contributed by atoms with Gasteiger partial charge < -0.3 is 10.6 Å². The van der Waals surface area contributed by atoms with Crippen molar-refractivity contribution in [2.45, 2.75) is 32.9 Å². The molecule has 0 saturated heterocycles. The van der Waals surface area contributed by atoms with Gasteiger partial charge in [0.2, 0.25) is 0 Å². The van der Waals surface area contributed by atoms with E-state index in [-0.39, 0.29) is 0 Å². The Bertz CT molecular complexity index is 275. The molecular formula is C11H19IN2S. The van der Waals surface area contributed by atoms with Crippen LogP contribution in [0.25, 0.3) is 0 Å². The van der Waals surface area contributed by atoms with Gasteiger partial charge in [0.15, 0.2) is 0 Å².